The molecule has 1 aromatic heterocycles. The van der Waals surface area contributed by atoms with E-state index in [1.54, 1.807) is 20.8 Å². The molecule has 0 spiro atoms. The molecule has 2 rings (SSSR count). The van der Waals surface area contributed by atoms with Crippen molar-refractivity contribution in [2.24, 2.45) is 0 Å². The number of hydrogen-bond acceptors (Lipinski definition) is 4. The van der Waals surface area contributed by atoms with Crippen LogP contribution >= 0.6 is 0 Å². The SMILES string of the molecule is CC(C)(C)OC(=O)N[C@H](CO)C(C)(O)c1cc(F)c(F)c2cc[nH]c12. The van der Waals surface area contributed by atoms with Crippen LogP contribution in [0.2, 0.25) is 0 Å². The van der Waals surface area contributed by atoms with Crippen LogP contribution in [0.15, 0.2) is 18.3 Å². The lowest BCUT2D eigenvalue weighted by Crippen LogP contribution is -2.52. The van der Waals surface area contributed by atoms with Gasteiger partial charge in [0.05, 0.1) is 18.2 Å². The van der Waals surface area contributed by atoms with Gasteiger partial charge in [-0.2, -0.15) is 0 Å². The van der Waals surface area contributed by atoms with Crippen LogP contribution in [0, 0.1) is 11.6 Å². The number of nitrogens with one attached hydrogen (secondary N) is 2. The van der Waals surface area contributed by atoms with Crippen LogP contribution in [0.5, 0.6) is 0 Å². The molecule has 1 heterocycles. The van der Waals surface area contributed by atoms with E-state index in [1.165, 1.54) is 19.2 Å². The van der Waals surface area contributed by atoms with Crippen molar-refractivity contribution in [3.05, 3.63) is 35.5 Å². The molecular formula is C17H22F2N2O4. The number of halogens is 2. The molecular weight excluding hydrogens is 334 g/mol. The number of ether oxygens (including phenoxy) is 1. The Morgan fingerprint density at radius 1 is 1.36 bits per heavy atom. The molecule has 6 nitrogen and oxygen atoms in total. The van der Waals surface area contributed by atoms with E-state index in [9.17, 15) is 23.8 Å². The monoisotopic (exact) mass is 356 g/mol. The van der Waals surface area contributed by atoms with Gasteiger partial charge < -0.3 is 25.3 Å². The average molecular weight is 356 g/mol. The second-order valence-corrected chi connectivity index (χ2v) is 7.02. The van der Waals surface area contributed by atoms with Crippen molar-refractivity contribution < 1.29 is 28.5 Å². The maximum atomic E-state index is 13.9. The summed E-state index contributed by atoms with van der Waals surface area (Å²) < 4.78 is 32.9. The highest BCUT2D eigenvalue weighted by molar-refractivity contribution is 5.84. The third kappa shape index (κ3) is 3.91. The molecule has 0 saturated heterocycles. The number of H-pyrrole nitrogens is 1. The predicted octanol–water partition coefficient (Wildman–Crippen LogP) is 2.54. The van der Waals surface area contributed by atoms with Gasteiger partial charge in [0.25, 0.3) is 0 Å². The largest absolute Gasteiger partial charge is 0.444 e. The summed E-state index contributed by atoms with van der Waals surface area (Å²) in [4.78, 5) is 14.7. The molecule has 0 radical (unpaired) electrons. The molecule has 1 aromatic carbocycles. The van der Waals surface area contributed by atoms with Gasteiger partial charge in [0.1, 0.15) is 11.2 Å². The molecule has 0 aliphatic carbocycles. The topological polar surface area (TPSA) is 94.6 Å². The summed E-state index contributed by atoms with van der Waals surface area (Å²) in [6, 6.07) is 0.967. The molecule has 0 saturated carbocycles. The van der Waals surface area contributed by atoms with Crippen molar-refractivity contribution in [2.45, 2.75) is 44.9 Å². The first-order valence-corrected chi connectivity index (χ1v) is 7.75. The summed E-state index contributed by atoms with van der Waals surface area (Å²) in [6.45, 7) is 5.63. The van der Waals surface area contributed by atoms with Crippen molar-refractivity contribution in [1.82, 2.24) is 10.3 Å². The number of amides is 1. The molecule has 0 bridgehead atoms. The van der Waals surface area contributed by atoms with Gasteiger partial charge in [-0.15, -0.1) is 0 Å². The highest BCUT2D eigenvalue weighted by Gasteiger charge is 2.38. The van der Waals surface area contributed by atoms with Crippen LogP contribution in [-0.2, 0) is 10.3 Å². The Morgan fingerprint density at radius 3 is 2.56 bits per heavy atom. The van der Waals surface area contributed by atoms with Crippen LogP contribution in [0.3, 0.4) is 0 Å². The van der Waals surface area contributed by atoms with E-state index in [2.05, 4.69) is 10.3 Å². The summed E-state index contributed by atoms with van der Waals surface area (Å²) in [5.74, 6) is -2.19. The first-order valence-electron chi connectivity index (χ1n) is 7.75. The van der Waals surface area contributed by atoms with E-state index >= 15 is 0 Å². The van der Waals surface area contributed by atoms with Crippen LogP contribution in [0.25, 0.3) is 10.9 Å². The lowest BCUT2D eigenvalue weighted by molar-refractivity contribution is -0.0137. The van der Waals surface area contributed by atoms with Gasteiger partial charge in [0, 0.05) is 17.1 Å². The number of aliphatic hydroxyl groups is 2. The van der Waals surface area contributed by atoms with Gasteiger partial charge >= 0.3 is 6.09 Å². The maximum Gasteiger partial charge on any atom is 0.408 e. The Balaban J connectivity index is 2.40. The molecule has 1 unspecified atom stereocenters. The maximum absolute atomic E-state index is 13.9. The Bertz CT molecular complexity index is 781. The number of hydrogen-bond donors (Lipinski definition) is 4. The van der Waals surface area contributed by atoms with E-state index in [0.29, 0.717) is 0 Å². The van der Waals surface area contributed by atoms with E-state index < -0.39 is 41.6 Å². The number of aromatic nitrogens is 1. The standard InChI is InChI=1S/C17H22F2N2O4/c1-16(2,3)25-15(23)21-12(8-22)17(4,24)10-7-11(18)13(19)9-5-6-20-14(9)10/h5-7,12,20,22,24H,8H2,1-4H3,(H,21,23)/t12-,17?/m1/s1. The van der Waals surface area contributed by atoms with Crippen LogP contribution in [-0.4, -0.2) is 39.5 Å². The second-order valence-electron chi connectivity index (χ2n) is 7.02. The van der Waals surface area contributed by atoms with E-state index in [-0.39, 0.29) is 16.5 Å². The van der Waals surface area contributed by atoms with Crippen molar-refractivity contribution in [3.63, 3.8) is 0 Å². The Morgan fingerprint density at radius 2 is 2.00 bits per heavy atom. The normalized spacial score (nSPS) is 15.7. The van der Waals surface area contributed by atoms with Gasteiger partial charge in [-0.25, -0.2) is 13.6 Å². The van der Waals surface area contributed by atoms with Crippen LogP contribution < -0.4 is 5.32 Å². The molecule has 0 aliphatic heterocycles. The predicted molar refractivity (Wildman–Crippen MR) is 88.0 cm³/mol. The zero-order chi connectivity index (χ0) is 19.0. The molecule has 25 heavy (non-hydrogen) atoms. The number of carbonyl (C=O) groups excluding carboxylic acids is 1. The number of aliphatic hydroxyl groups excluding tert-OH is 1. The summed E-state index contributed by atoms with van der Waals surface area (Å²) >= 11 is 0. The third-order valence-corrected chi connectivity index (χ3v) is 3.83. The van der Waals surface area contributed by atoms with Crippen molar-refractivity contribution in [2.75, 3.05) is 6.61 Å². The molecule has 0 aliphatic rings. The molecule has 2 aromatic rings. The van der Waals surface area contributed by atoms with E-state index in [4.69, 9.17) is 4.74 Å². The fourth-order valence-electron chi connectivity index (χ4n) is 2.57. The van der Waals surface area contributed by atoms with Gasteiger partial charge in [0.2, 0.25) is 0 Å². The quantitative estimate of drug-likeness (QED) is 0.677. The van der Waals surface area contributed by atoms with Gasteiger partial charge in [-0.1, -0.05) is 0 Å². The lowest BCUT2D eigenvalue weighted by Gasteiger charge is -2.33. The molecule has 2 atom stereocenters. The minimum atomic E-state index is -1.90. The molecule has 1 amide bonds. The Kier molecular flexibility index (Phi) is 5.06. The minimum absolute atomic E-state index is 0.00140. The molecule has 8 heteroatoms. The second kappa shape index (κ2) is 6.61. The lowest BCUT2D eigenvalue weighted by atomic mass is 9.87. The first-order chi connectivity index (χ1) is 11.5. The average Bonchev–Trinajstić information content (AvgIpc) is 2.95. The number of alkyl carbamates (subject to hydrolysis) is 1. The number of fused-ring (bicyclic) bond motifs is 1. The number of carbonyl (C=O) groups is 1. The van der Waals surface area contributed by atoms with Gasteiger partial charge in [0.15, 0.2) is 11.6 Å². The van der Waals surface area contributed by atoms with Gasteiger partial charge in [-0.05, 0) is 39.8 Å². The number of aromatic amines is 1. The first kappa shape index (κ1) is 19.1. The summed E-state index contributed by atoms with van der Waals surface area (Å²) in [7, 11) is 0. The van der Waals surface area contributed by atoms with Crippen LogP contribution in [0.1, 0.15) is 33.3 Å². The van der Waals surface area contributed by atoms with Crippen molar-refractivity contribution in [1.29, 1.82) is 0 Å². The summed E-state index contributed by atoms with van der Waals surface area (Å²) in [5.41, 5.74) is -2.50. The van der Waals surface area contributed by atoms with Crippen molar-refractivity contribution in [3.8, 4) is 0 Å². The zero-order valence-corrected chi connectivity index (χ0v) is 14.5. The fraction of sp³-hybridized carbons (Fsp3) is 0.471. The third-order valence-electron chi connectivity index (χ3n) is 3.83. The number of rotatable bonds is 4. The molecule has 138 valence electrons. The molecule has 4 N–H and O–H groups in total. The van der Waals surface area contributed by atoms with E-state index in [1.807, 2.05) is 0 Å². The molecule has 0 fully saturated rings. The summed E-state index contributed by atoms with van der Waals surface area (Å²) in [6.07, 6.45) is 0.555. The Labute approximate surface area is 143 Å². The Hall–Kier alpha value is -2.19. The van der Waals surface area contributed by atoms with Gasteiger partial charge in [-0.3, -0.25) is 0 Å². The smallest absolute Gasteiger partial charge is 0.408 e. The zero-order valence-electron chi connectivity index (χ0n) is 14.5. The summed E-state index contributed by atoms with van der Waals surface area (Å²) in [5, 5.41) is 22.8. The van der Waals surface area contributed by atoms with Crippen LogP contribution in [0.4, 0.5) is 13.6 Å². The highest BCUT2D eigenvalue weighted by Crippen LogP contribution is 2.33. The van der Waals surface area contributed by atoms with E-state index in [0.717, 1.165) is 6.07 Å². The fourth-order valence-corrected chi connectivity index (χ4v) is 2.57. The number of benzene rings is 1. The highest BCUT2D eigenvalue weighted by atomic mass is 19.2. The van der Waals surface area contributed by atoms with Crippen molar-refractivity contribution >= 4 is 17.0 Å². The minimum Gasteiger partial charge on any atom is -0.444 e.